The second-order valence-electron chi connectivity index (χ2n) is 4.49. The van der Waals surface area contributed by atoms with Crippen molar-refractivity contribution in [2.24, 2.45) is 0 Å². The van der Waals surface area contributed by atoms with Crippen molar-refractivity contribution in [2.45, 2.75) is 25.6 Å². The van der Waals surface area contributed by atoms with E-state index in [0.717, 1.165) is 10.6 Å². The maximum Gasteiger partial charge on any atom is 0.154 e. The van der Waals surface area contributed by atoms with Crippen LogP contribution in [0.5, 0.6) is 0 Å². The molecule has 17 heavy (non-hydrogen) atoms. The van der Waals surface area contributed by atoms with Crippen molar-refractivity contribution in [2.75, 3.05) is 18.6 Å². The highest BCUT2D eigenvalue weighted by molar-refractivity contribution is 7.91. The van der Waals surface area contributed by atoms with Crippen LogP contribution >= 0.6 is 11.3 Å². The number of aliphatic hydroxyl groups excluding tert-OH is 1. The molecule has 2 rings (SSSR count). The van der Waals surface area contributed by atoms with Crippen molar-refractivity contribution in [3.8, 4) is 0 Å². The number of rotatable bonds is 3. The molecule has 1 saturated heterocycles. The molecule has 96 valence electrons. The molecule has 5 nitrogen and oxygen atoms in total. The van der Waals surface area contributed by atoms with Gasteiger partial charge >= 0.3 is 0 Å². The Morgan fingerprint density at radius 2 is 2.29 bits per heavy atom. The third kappa shape index (κ3) is 2.85. The highest BCUT2D eigenvalue weighted by atomic mass is 32.2. The largest absolute Gasteiger partial charge is 0.390 e. The second-order valence-corrected chi connectivity index (χ2v) is 7.58. The van der Waals surface area contributed by atoms with Gasteiger partial charge in [0.05, 0.1) is 34.9 Å². The molecular formula is C10H16N2O3S2. The van der Waals surface area contributed by atoms with Gasteiger partial charge in [-0.3, -0.25) is 4.90 Å². The Labute approximate surface area is 105 Å². The molecule has 1 fully saturated rings. The second kappa shape index (κ2) is 4.64. The predicted molar refractivity (Wildman–Crippen MR) is 66.8 cm³/mol. The lowest BCUT2D eigenvalue weighted by Crippen LogP contribution is -2.39. The first kappa shape index (κ1) is 12.9. The molecule has 2 atom stereocenters. The molecule has 0 bridgehead atoms. The van der Waals surface area contributed by atoms with Crippen LogP contribution in [0.2, 0.25) is 0 Å². The van der Waals surface area contributed by atoms with Gasteiger partial charge in [0.2, 0.25) is 0 Å². The maximum absolute atomic E-state index is 11.4. The predicted octanol–water partition coefficient (Wildman–Crippen LogP) is 0.0412. The summed E-state index contributed by atoms with van der Waals surface area (Å²) in [6.07, 6.45) is -0.779. The zero-order valence-electron chi connectivity index (χ0n) is 9.83. The molecule has 0 saturated carbocycles. The zero-order chi connectivity index (χ0) is 12.6. The molecule has 2 unspecified atom stereocenters. The maximum atomic E-state index is 11.4. The number of hydrogen-bond acceptors (Lipinski definition) is 6. The first-order chi connectivity index (χ1) is 7.89. The average Bonchev–Trinajstić information content (AvgIpc) is 2.71. The van der Waals surface area contributed by atoms with Crippen molar-refractivity contribution in [3.63, 3.8) is 0 Å². The van der Waals surface area contributed by atoms with Gasteiger partial charge in [-0.05, 0) is 14.0 Å². The van der Waals surface area contributed by atoms with Crippen LogP contribution in [-0.2, 0) is 16.4 Å². The number of aromatic nitrogens is 1. The number of aliphatic hydroxyl groups is 1. The molecule has 1 aromatic heterocycles. The van der Waals surface area contributed by atoms with Gasteiger partial charge in [-0.1, -0.05) is 0 Å². The molecule has 1 aliphatic rings. The van der Waals surface area contributed by atoms with Gasteiger partial charge in [-0.25, -0.2) is 13.4 Å². The molecule has 2 heterocycles. The van der Waals surface area contributed by atoms with E-state index in [1.165, 1.54) is 0 Å². The lowest BCUT2D eigenvalue weighted by molar-refractivity contribution is 0.0962. The smallest absolute Gasteiger partial charge is 0.154 e. The summed E-state index contributed by atoms with van der Waals surface area (Å²) in [5.74, 6) is -0.0772. The van der Waals surface area contributed by atoms with Crippen molar-refractivity contribution in [1.82, 2.24) is 9.88 Å². The van der Waals surface area contributed by atoms with E-state index >= 15 is 0 Å². The lowest BCUT2D eigenvalue weighted by Gasteiger charge is -2.25. The first-order valence-corrected chi connectivity index (χ1v) is 8.07. The summed E-state index contributed by atoms with van der Waals surface area (Å²) in [6.45, 7) is 2.56. The highest BCUT2D eigenvalue weighted by Crippen LogP contribution is 2.21. The van der Waals surface area contributed by atoms with E-state index in [1.807, 2.05) is 18.9 Å². The SMILES string of the molecule is Cc1ncsc1CN(C)C1CS(=O)(=O)CC1O. The number of aryl methyl sites for hydroxylation is 1. The summed E-state index contributed by atoms with van der Waals surface area (Å²) >= 11 is 1.55. The van der Waals surface area contributed by atoms with Crippen LogP contribution in [0.25, 0.3) is 0 Å². The topological polar surface area (TPSA) is 70.5 Å². The Bertz CT molecular complexity index is 497. The van der Waals surface area contributed by atoms with Crippen molar-refractivity contribution in [1.29, 1.82) is 0 Å². The van der Waals surface area contributed by atoms with Crippen LogP contribution < -0.4 is 0 Å². The van der Waals surface area contributed by atoms with Crippen LogP contribution in [0, 0.1) is 6.92 Å². The van der Waals surface area contributed by atoms with Gasteiger partial charge in [0, 0.05) is 11.4 Å². The Morgan fingerprint density at radius 3 is 2.76 bits per heavy atom. The zero-order valence-corrected chi connectivity index (χ0v) is 11.5. The Kier molecular flexibility index (Phi) is 3.53. The average molecular weight is 276 g/mol. The van der Waals surface area contributed by atoms with Gasteiger partial charge in [-0.15, -0.1) is 11.3 Å². The molecule has 7 heteroatoms. The van der Waals surface area contributed by atoms with E-state index in [2.05, 4.69) is 4.98 Å². The summed E-state index contributed by atoms with van der Waals surface area (Å²) in [5.41, 5.74) is 2.75. The molecule has 0 radical (unpaired) electrons. The summed E-state index contributed by atoms with van der Waals surface area (Å²) in [6, 6.07) is -0.304. The molecule has 1 aromatic rings. The van der Waals surface area contributed by atoms with Crippen LogP contribution in [0.3, 0.4) is 0 Å². The van der Waals surface area contributed by atoms with E-state index in [-0.39, 0.29) is 17.5 Å². The molecule has 1 N–H and O–H groups in total. The molecular weight excluding hydrogens is 260 g/mol. The van der Waals surface area contributed by atoms with Crippen molar-refractivity contribution in [3.05, 3.63) is 16.1 Å². The van der Waals surface area contributed by atoms with E-state index in [0.29, 0.717) is 6.54 Å². The van der Waals surface area contributed by atoms with Crippen LogP contribution in [-0.4, -0.2) is 54.1 Å². The number of hydrogen-bond donors (Lipinski definition) is 1. The van der Waals surface area contributed by atoms with Crippen molar-refractivity contribution >= 4 is 21.2 Å². The van der Waals surface area contributed by atoms with Gasteiger partial charge < -0.3 is 5.11 Å². The minimum atomic E-state index is -3.08. The van der Waals surface area contributed by atoms with Gasteiger partial charge in [0.15, 0.2) is 9.84 Å². The normalized spacial score (nSPS) is 27.8. The summed E-state index contributed by atoms with van der Waals surface area (Å²) in [4.78, 5) is 7.17. The third-order valence-electron chi connectivity index (χ3n) is 3.10. The summed E-state index contributed by atoms with van der Waals surface area (Å²) < 4.78 is 22.9. The van der Waals surface area contributed by atoms with Crippen molar-refractivity contribution < 1.29 is 13.5 Å². The fraction of sp³-hybridized carbons (Fsp3) is 0.700. The lowest BCUT2D eigenvalue weighted by atomic mass is 10.2. The van der Waals surface area contributed by atoms with Crippen LogP contribution in [0.15, 0.2) is 5.51 Å². The third-order valence-corrected chi connectivity index (χ3v) is 5.72. The summed E-state index contributed by atoms with van der Waals surface area (Å²) in [5, 5.41) is 9.76. The van der Waals surface area contributed by atoms with E-state index in [1.54, 1.807) is 16.8 Å². The van der Waals surface area contributed by atoms with Gasteiger partial charge in [0.25, 0.3) is 0 Å². The van der Waals surface area contributed by atoms with E-state index < -0.39 is 15.9 Å². The fourth-order valence-electron chi connectivity index (χ4n) is 2.05. The van der Waals surface area contributed by atoms with Gasteiger partial charge in [-0.2, -0.15) is 0 Å². The van der Waals surface area contributed by atoms with Crippen LogP contribution in [0.4, 0.5) is 0 Å². The number of sulfone groups is 1. The first-order valence-electron chi connectivity index (χ1n) is 5.37. The minimum Gasteiger partial charge on any atom is -0.390 e. The standard InChI is InChI=1S/C10H16N2O3S2/c1-7-10(16-6-11-7)3-12(2)8-4-17(14,15)5-9(8)13/h6,8-9,13H,3-5H2,1-2H3. The monoisotopic (exact) mass is 276 g/mol. The fourth-order valence-corrected chi connectivity index (χ4v) is 4.77. The number of likely N-dealkylation sites (N-methyl/N-ethyl adjacent to an activating group) is 1. The molecule has 0 aromatic carbocycles. The Balaban J connectivity index is 2.06. The van der Waals surface area contributed by atoms with Gasteiger partial charge in [0.1, 0.15) is 0 Å². The van der Waals surface area contributed by atoms with Crippen LogP contribution in [0.1, 0.15) is 10.6 Å². The molecule has 0 amide bonds. The minimum absolute atomic E-state index is 0.0442. The highest BCUT2D eigenvalue weighted by Gasteiger charge is 2.38. The number of thiazole rings is 1. The Hall–Kier alpha value is -0.500. The molecule has 0 spiro atoms. The summed E-state index contributed by atoms with van der Waals surface area (Å²) in [7, 11) is -1.24. The Morgan fingerprint density at radius 1 is 1.59 bits per heavy atom. The van der Waals surface area contributed by atoms with E-state index in [9.17, 15) is 13.5 Å². The molecule has 0 aliphatic carbocycles. The molecule has 1 aliphatic heterocycles. The number of nitrogens with zero attached hydrogens (tertiary/aromatic N) is 2. The quantitative estimate of drug-likeness (QED) is 0.844. The van der Waals surface area contributed by atoms with E-state index in [4.69, 9.17) is 0 Å².